The lowest BCUT2D eigenvalue weighted by atomic mass is 10.2. The van der Waals surface area contributed by atoms with Crippen LogP contribution in [-0.4, -0.2) is 15.0 Å². The normalized spacial score (nSPS) is 18.9. The van der Waals surface area contributed by atoms with Crippen LogP contribution in [0.25, 0.3) is 0 Å². The molecule has 0 amide bonds. The summed E-state index contributed by atoms with van der Waals surface area (Å²) in [7, 11) is 0. The molecule has 1 aliphatic rings. The number of nitrogens with zero attached hydrogens (tertiary/aromatic N) is 3. The van der Waals surface area contributed by atoms with Gasteiger partial charge in [0.1, 0.15) is 0 Å². The first kappa shape index (κ1) is 8.69. The van der Waals surface area contributed by atoms with Crippen LogP contribution in [0.15, 0.2) is 6.20 Å². The van der Waals surface area contributed by atoms with Crippen molar-refractivity contribution in [2.45, 2.75) is 38.8 Å². The molecule has 0 saturated heterocycles. The minimum absolute atomic E-state index is 0.0490. The second-order valence-corrected chi connectivity index (χ2v) is 3.82. The van der Waals surface area contributed by atoms with Gasteiger partial charge < -0.3 is 5.73 Å². The van der Waals surface area contributed by atoms with Gasteiger partial charge in [0, 0.05) is 6.54 Å². The summed E-state index contributed by atoms with van der Waals surface area (Å²) in [5, 5.41) is 8.11. The van der Waals surface area contributed by atoms with E-state index in [4.69, 9.17) is 5.73 Å². The van der Waals surface area contributed by atoms with Gasteiger partial charge in [0.05, 0.1) is 17.9 Å². The summed E-state index contributed by atoms with van der Waals surface area (Å²) in [6.07, 6.45) is 5.58. The molecule has 1 heterocycles. The summed E-state index contributed by atoms with van der Waals surface area (Å²) in [5.74, 6) is 0.840. The van der Waals surface area contributed by atoms with Crippen LogP contribution in [0.1, 0.15) is 37.9 Å². The van der Waals surface area contributed by atoms with Gasteiger partial charge in [0.2, 0.25) is 0 Å². The predicted molar refractivity (Wildman–Crippen MR) is 50.0 cm³/mol. The second kappa shape index (κ2) is 3.46. The smallest absolute Gasteiger partial charge is 0.0993 e. The third-order valence-electron chi connectivity index (χ3n) is 2.52. The highest BCUT2D eigenvalue weighted by atomic mass is 15.4. The molecule has 2 N–H and O–H groups in total. The van der Waals surface area contributed by atoms with E-state index in [-0.39, 0.29) is 6.04 Å². The Hall–Kier alpha value is -0.900. The molecule has 1 aromatic heterocycles. The van der Waals surface area contributed by atoms with Crippen molar-refractivity contribution in [1.82, 2.24) is 15.0 Å². The quantitative estimate of drug-likeness (QED) is 0.754. The Labute approximate surface area is 78.1 Å². The van der Waals surface area contributed by atoms with Gasteiger partial charge in [-0.1, -0.05) is 12.1 Å². The highest BCUT2D eigenvalue weighted by molar-refractivity contribution is 4.99. The molecule has 0 aromatic carbocycles. The van der Waals surface area contributed by atoms with Crippen LogP contribution >= 0.6 is 0 Å². The van der Waals surface area contributed by atoms with Crippen molar-refractivity contribution in [3.05, 3.63) is 11.9 Å². The van der Waals surface area contributed by atoms with E-state index in [9.17, 15) is 0 Å². The SMILES string of the molecule is CCC(N)c1cn(CC2CC2)nn1. The Balaban J connectivity index is 1.99. The van der Waals surface area contributed by atoms with Gasteiger partial charge in [-0.2, -0.15) is 0 Å². The van der Waals surface area contributed by atoms with Crippen LogP contribution in [0.4, 0.5) is 0 Å². The first-order valence-corrected chi connectivity index (χ1v) is 4.95. The van der Waals surface area contributed by atoms with E-state index in [1.807, 2.05) is 10.9 Å². The summed E-state index contributed by atoms with van der Waals surface area (Å²) >= 11 is 0. The maximum Gasteiger partial charge on any atom is 0.0993 e. The van der Waals surface area contributed by atoms with Gasteiger partial charge >= 0.3 is 0 Å². The number of hydrogen-bond donors (Lipinski definition) is 1. The Bertz CT molecular complexity index is 277. The molecular weight excluding hydrogens is 164 g/mol. The van der Waals surface area contributed by atoms with Crippen molar-refractivity contribution in [2.75, 3.05) is 0 Å². The topological polar surface area (TPSA) is 56.7 Å². The van der Waals surface area contributed by atoms with E-state index in [2.05, 4.69) is 17.2 Å². The Morgan fingerprint density at radius 1 is 1.69 bits per heavy atom. The Kier molecular flexibility index (Phi) is 2.31. The molecule has 0 radical (unpaired) electrons. The molecule has 0 spiro atoms. The number of rotatable bonds is 4. The summed E-state index contributed by atoms with van der Waals surface area (Å²) in [6, 6.07) is 0.0490. The highest BCUT2D eigenvalue weighted by Crippen LogP contribution is 2.30. The zero-order valence-electron chi connectivity index (χ0n) is 7.98. The number of nitrogens with two attached hydrogens (primary N) is 1. The number of hydrogen-bond acceptors (Lipinski definition) is 3. The molecule has 4 heteroatoms. The Morgan fingerprint density at radius 3 is 3.08 bits per heavy atom. The molecule has 4 nitrogen and oxygen atoms in total. The molecule has 1 saturated carbocycles. The lowest BCUT2D eigenvalue weighted by Crippen LogP contribution is -2.08. The minimum atomic E-state index is 0.0490. The lowest BCUT2D eigenvalue weighted by molar-refractivity contribution is 0.544. The lowest BCUT2D eigenvalue weighted by Gasteiger charge is -2.01. The van der Waals surface area contributed by atoms with Gasteiger partial charge in [-0.15, -0.1) is 5.10 Å². The van der Waals surface area contributed by atoms with Gasteiger partial charge in [-0.05, 0) is 25.2 Å². The van der Waals surface area contributed by atoms with E-state index in [1.165, 1.54) is 12.8 Å². The zero-order chi connectivity index (χ0) is 9.26. The average molecular weight is 180 g/mol. The van der Waals surface area contributed by atoms with Crippen molar-refractivity contribution in [2.24, 2.45) is 11.7 Å². The summed E-state index contributed by atoms with van der Waals surface area (Å²) in [5.41, 5.74) is 6.76. The van der Waals surface area contributed by atoms with Crippen LogP contribution < -0.4 is 5.73 Å². The molecule has 1 atom stereocenters. The van der Waals surface area contributed by atoms with Crippen LogP contribution in [0.2, 0.25) is 0 Å². The van der Waals surface area contributed by atoms with E-state index in [1.54, 1.807) is 0 Å². The maximum absolute atomic E-state index is 5.84. The highest BCUT2D eigenvalue weighted by Gasteiger charge is 2.22. The third kappa shape index (κ3) is 2.06. The maximum atomic E-state index is 5.84. The van der Waals surface area contributed by atoms with Gasteiger partial charge in [0.25, 0.3) is 0 Å². The largest absolute Gasteiger partial charge is 0.323 e. The standard InChI is InChI=1S/C9H16N4/c1-2-8(10)9-6-13(12-11-9)5-7-3-4-7/h6-8H,2-5,10H2,1H3. The zero-order valence-corrected chi connectivity index (χ0v) is 7.98. The van der Waals surface area contributed by atoms with Crippen molar-refractivity contribution in [1.29, 1.82) is 0 Å². The van der Waals surface area contributed by atoms with Crippen LogP contribution in [0, 0.1) is 5.92 Å². The summed E-state index contributed by atoms with van der Waals surface area (Å²) < 4.78 is 1.92. The van der Waals surface area contributed by atoms with Crippen LogP contribution in [-0.2, 0) is 6.54 Å². The number of aromatic nitrogens is 3. The molecular formula is C9H16N4. The van der Waals surface area contributed by atoms with Crippen LogP contribution in [0.3, 0.4) is 0 Å². The molecule has 1 unspecified atom stereocenters. The van der Waals surface area contributed by atoms with Crippen molar-refractivity contribution in [3.8, 4) is 0 Å². The second-order valence-electron chi connectivity index (χ2n) is 3.82. The van der Waals surface area contributed by atoms with Gasteiger partial charge in [0.15, 0.2) is 0 Å². The van der Waals surface area contributed by atoms with Crippen molar-refractivity contribution >= 4 is 0 Å². The minimum Gasteiger partial charge on any atom is -0.323 e. The fourth-order valence-corrected chi connectivity index (χ4v) is 1.35. The van der Waals surface area contributed by atoms with E-state index in [0.717, 1.165) is 24.6 Å². The average Bonchev–Trinajstić information content (AvgIpc) is 2.81. The molecule has 1 aliphatic carbocycles. The third-order valence-corrected chi connectivity index (χ3v) is 2.52. The van der Waals surface area contributed by atoms with Crippen molar-refractivity contribution in [3.63, 3.8) is 0 Å². The molecule has 2 rings (SSSR count). The van der Waals surface area contributed by atoms with Gasteiger partial charge in [-0.3, -0.25) is 4.68 Å². The van der Waals surface area contributed by atoms with E-state index in [0.29, 0.717) is 0 Å². The first-order chi connectivity index (χ1) is 6.29. The van der Waals surface area contributed by atoms with Gasteiger partial charge in [-0.25, -0.2) is 0 Å². The molecule has 1 fully saturated rings. The fraction of sp³-hybridized carbons (Fsp3) is 0.778. The summed E-state index contributed by atoms with van der Waals surface area (Å²) in [4.78, 5) is 0. The molecule has 0 aliphatic heterocycles. The molecule has 72 valence electrons. The molecule has 13 heavy (non-hydrogen) atoms. The summed E-state index contributed by atoms with van der Waals surface area (Å²) in [6.45, 7) is 3.08. The predicted octanol–water partition coefficient (Wildman–Crippen LogP) is 1.10. The van der Waals surface area contributed by atoms with Crippen molar-refractivity contribution < 1.29 is 0 Å². The Morgan fingerprint density at radius 2 is 2.46 bits per heavy atom. The first-order valence-electron chi connectivity index (χ1n) is 4.95. The van der Waals surface area contributed by atoms with E-state index < -0.39 is 0 Å². The fourth-order valence-electron chi connectivity index (χ4n) is 1.35. The monoisotopic (exact) mass is 180 g/mol. The van der Waals surface area contributed by atoms with E-state index >= 15 is 0 Å². The van der Waals surface area contributed by atoms with Crippen LogP contribution in [0.5, 0.6) is 0 Å². The molecule has 1 aromatic rings. The molecule has 0 bridgehead atoms.